The molecule has 9 heteroatoms. The summed E-state index contributed by atoms with van der Waals surface area (Å²) < 4.78 is 6.90. The number of ether oxygens (including phenoxy) is 1. The summed E-state index contributed by atoms with van der Waals surface area (Å²) >= 11 is 0. The van der Waals surface area contributed by atoms with E-state index in [9.17, 15) is 9.59 Å². The Morgan fingerprint density at radius 2 is 1.93 bits per heavy atom. The van der Waals surface area contributed by atoms with E-state index in [2.05, 4.69) is 15.7 Å². The molecule has 3 heterocycles. The van der Waals surface area contributed by atoms with Crippen molar-refractivity contribution in [1.29, 1.82) is 0 Å². The van der Waals surface area contributed by atoms with Crippen LogP contribution in [0.5, 0.6) is 5.75 Å². The number of urea groups is 1. The van der Waals surface area contributed by atoms with Crippen molar-refractivity contribution < 1.29 is 14.3 Å². The molecule has 0 aliphatic carbocycles. The molecule has 0 atom stereocenters. The third kappa shape index (κ3) is 4.10. The number of amides is 3. The van der Waals surface area contributed by atoms with Crippen LogP contribution in [-0.4, -0.2) is 63.4 Å². The van der Waals surface area contributed by atoms with E-state index in [0.29, 0.717) is 38.2 Å². The van der Waals surface area contributed by atoms with Crippen molar-refractivity contribution >= 4 is 11.9 Å². The minimum Gasteiger partial charge on any atom is -0.497 e. The maximum Gasteiger partial charge on any atom is 0.317 e. The minimum absolute atomic E-state index is 0.0512. The average Bonchev–Trinajstić information content (AvgIpc) is 3.04. The van der Waals surface area contributed by atoms with Crippen LogP contribution in [0.1, 0.15) is 32.5 Å². The molecule has 2 aliphatic rings. The van der Waals surface area contributed by atoms with Gasteiger partial charge in [0.15, 0.2) is 5.82 Å². The fourth-order valence-corrected chi connectivity index (χ4v) is 4.09. The number of carbonyl (C=O) groups excluding carboxylic acids is 2. The molecule has 30 heavy (non-hydrogen) atoms. The monoisotopic (exact) mass is 412 g/mol. The highest BCUT2D eigenvalue weighted by Crippen LogP contribution is 2.29. The molecule has 2 N–H and O–H groups in total. The summed E-state index contributed by atoms with van der Waals surface area (Å²) in [5.41, 5.74) is 0.482. The predicted molar refractivity (Wildman–Crippen MR) is 111 cm³/mol. The molecule has 0 radical (unpaired) electrons. The van der Waals surface area contributed by atoms with Crippen LogP contribution in [0.2, 0.25) is 0 Å². The number of nitrogens with zero attached hydrogens (tertiary/aromatic N) is 4. The quantitative estimate of drug-likeness (QED) is 0.797. The average molecular weight is 412 g/mol. The van der Waals surface area contributed by atoms with Gasteiger partial charge in [0.25, 0.3) is 0 Å². The standard InChI is InChI=1S/C21H28N6O3/c1-14(2)22-20(29)26-10-8-21(9-11-26)12-17-23-19(25-27(17)13-18(28)24-21)15-4-6-16(30-3)7-5-15/h4-7,14H,8-13H2,1-3H3,(H,22,29)(H,24,28). The van der Waals surface area contributed by atoms with Gasteiger partial charge in [0, 0.05) is 31.1 Å². The molecule has 1 fully saturated rings. The maximum absolute atomic E-state index is 12.6. The van der Waals surface area contributed by atoms with E-state index in [1.54, 1.807) is 11.8 Å². The number of methoxy groups -OCH3 is 1. The van der Waals surface area contributed by atoms with Crippen LogP contribution >= 0.6 is 0 Å². The van der Waals surface area contributed by atoms with Gasteiger partial charge in [-0.05, 0) is 51.0 Å². The van der Waals surface area contributed by atoms with Crippen molar-refractivity contribution in [2.45, 2.75) is 51.2 Å². The third-order valence-corrected chi connectivity index (χ3v) is 5.71. The third-order valence-electron chi connectivity index (χ3n) is 5.71. The molecular formula is C21H28N6O3. The van der Waals surface area contributed by atoms with E-state index in [4.69, 9.17) is 9.72 Å². The molecule has 0 saturated carbocycles. The van der Waals surface area contributed by atoms with Gasteiger partial charge in [0.2, 0.25) is 5.91 Å². The van der Waals surface area contributed by atoms with Crippen LogP contribution in [0, 0.1) is 0 Å². The molecule has 0 unspecified atom stereocenters. The highest BCUT2D eigenvalue weighted by atomic mass is 16.5. The Kier molecular flexibility index (Phi) is 5.36. The first-order valence-corrected chi connectivity index (χ1v) is 10.3. The number of piperidine rings is 1. The van der Waals surface area contributed by atoms with Crippen LogP contribution in [0.4, 0.5) is 4.79 Å². The zero-order chi connectivity index (χ0) is 21.3. The summed E-state index contributed by atoms with van der Waals surface area (Å²) in [6, 6.07) is 7.61. The summed E-state index contributed by atoms with van der Waals surface area (Å²) in [5, 5.41) is 10.7. The lowest BCUT2D eigenvalue weighted by atomic mass is 9.84. The SMILES string of the molecule is COc1ccc(-c2nc3n(n2)CC(=O)NC2(CCN(C(=O)NC(C)C)CC2)C3)cc1. The van der Waals surface area contributed by atoms with Crippen LogP contribution in [0.3, 0.4) is 0 Å². The van der Waals surface area contributed by atoms with E-state index < -0.39 is 5.54 Å². The molecule has 9 nitrogen and oxygen atoms in total. The Hall–Kier alpha value is -3.10. The van der Waals surface area contributed by atoms with E-state index in [0.717, 1.165) is 17.1 Å². The summed E-state index contributed by atoms with van der Waals surface area (Å²) in [4.78, 5) is 31.5. The van der Waals surface area contributed by atoms with E-state index in [1.807, 2.05) is 43.0 Å². The predicted octanol–water partition coefficient (Wildman–Crippen LogP) is 1.58. The van der Waals surface area contributed by atoms with Gasteiger partial charge in [-0.3, -0.25) is 4.79 Å². The molecule has 2 aliphatic heterocycles. The molecule has 1 aromatic heterocycles. The number of fused-ring (bicyclic) bond motifs is 1. The topological polar surface area (TPSA) is 101 Å². The van der Waals surface area contributed by atoms with Crippen LogP contribution in [0.15, 0.2) is 24.3 Å². The van der Waals surface area contributed by atoms with Crippen LogP contribution in [0.25, 0.3) is 11.4 Å². The fourth-order valence-electron chi connectivity index (χ4n) is 4.09. The molecule has 3 amide bonds. The van der Waals surface area contributed by atoms with E-state index >= 15 is 0 Å². The Morgan fingerprint density at radius 3 is 2.57 bits per heavy atom. The molecule has 1 aromatic carbocycles. The number of hydrogen-bond acceptors (Lipinski definition) is 5. The summed E-state index contributed by atoms with van der Waals surface area (Å²) in [6.45, 7) is 5.23. The number of carbonyl (C=O) groups is 2. The maximum atomic E-state index is 12.6. The first kappa shape index (κ1) is 20.2. The zero-order valence-corrected chi connectivity index (χ0v) is 17.6. The number of likely N-dealkylation sites (tertiary alicyclic amines) is 1. The van der Waals surface area contributed by atoms with Gasteiger partial charge < -0.3 is 20.3 Å². The molecule has 2 aromatic rings. The van der Waals surface area contributed by atoms with Gasteiger partial charge in [0.1, 0.15) is 18.1 Å². The Bertz CT molecular complexity index is 929. The number of aromatic nitrogens is 3. The number of hydrogen-bond donors (Lipinski definition) is 2. The van der Waals surface area contributed by atoms with E-state index in [1.165, 1.54) is 0 Å². The first-order chi connectivity index (χ1) is 14.4. The summed E-state index contributed by atoms with van der Waals surface area (Å²) in [5.74, 6) is 2.09. The molecule has 1 saturated heterocycles. The Balaban J connectivity index is 1.52. The van der Waals surface area contributed by atoms with Crippen LogP contribution in [-0.2, 0) is 17.8 Å². The lowest BCUT2D eigenvalue weighted by Gasteiger charge is -2.41. The second-order valence-electron chi connectivity index (χ2n) is 8.33. The van der Waals surface area contributed by atoms with Gasteiger partial charge >= 0.3 is 6.03 Å². The summed E-state index contributed by atoms with van der Waals surface area (Å²) in [7, 11) is 1.63. The Morgan fingerprint density at radius 1 is 1.23 bits per heavy atom. The minimum atomic E-state index is -0.399. The van der Waals surface area contributed by atoms with Crippen molar-refractivity contribution in [3.8, 4) is 17.1 Å². The van der Waals surface area contributed by atoms with Crippen molar-refractivity contribution in [3.05, 3.63) is 30.1 Å². The van der Waals surface area contributed by atoms with Gasteiger partial charge in [-0.25, -0.2) is 14.5 Å². The van der Waals surface area contributed by atoms with Gasteiger partial charge in [-0.2, -0.15) is 5.10 Å². The second-order valence-corrected chi connectivity index (χ2v) is 8.33. The van der Waals surface area contributed by atoms with Gasteiger partial charge in [0.05, 0.1) is 12.6 Å². The van der Waals surface area contributed by atoms with Crippen molar-refractivity contribution in [1.82, 2.24) is 30.3 Å². The number of rotatable bonds is 3. The second kappa shape index (κ2) is 7.97. The molecular weight excluding hydrogens is 384 g/mol. The van der Waals surface area contributed by atoms with Gasteiger partial charge in [-0.1, -0.05) is 0 Å². The van der Waals surface area contributed by atoms with Crippen molar-refractivity contribution in [3.63, 3.8) is 0 Å². The lowest BCUT2D eigenvalue weighted by molar-refractivity contribution is -0.123. The molecule has 0 bridgehead atoms. The van der Waals surface area contributed by atoms with E-state index in [-0.39, 0.29) is 24.5 Å². The highest BCUT2D eigenvalue weighted by Gasteiger charge is 2.40. The molecule has 160 valence electrons. The van der Waals surface area contributed by atoms with Crippen molar-refractivity contribution in [2.75, 3.05) is 20.2 Å². The van der Waals surface area contributed by atoms with Crippen LogP contribution < -0.4 is 15.4 Å². The van der Waals surface area contributed by atoms with Crippen molar-refractivity contribution in [2.24, 2.45) is 0 Å². The number of nitrogens with one attached hydrogen (secondary N) is 2. The lowest BCUT2D eigenvalue weighted by Crippen LogP contribution is -2.58. The zero-order valence-electron chi connectivity index (χ0n) is 17.6. The normalized spacial score (nSPS) is 18.0. The fraction of sp³-hybridized carbons (Fsp3) is 0.524. The Labute approximate surface area is 175 Å². The molecule has 4 rings (SSSR count). The number of benzene rings is 1. The first-order valence-electron chi connectivity index (χ1n) is 10.3. The molecule has 1 spiro atoms. The summed E-state index contributed by atoms with van der Waals surface area (Å²) in [6.07, 6.45) is 1.98. The smallest absolute Gasteiger partial charge is 0.317 e. The van der Waals surface area contributed by atoms with Gasteiger partial charge in [-0.15, -0.1) is 0 Å². The largest absolute Gasteiger partial charge is 0.497 e. The highest BCUT2D eigenvalue weighted by molar-refractivity contribution is 5.78.